The molecule has 0 saturated carbocycles. The molecule has 0 rings (SSSR count). The first-order valence-corrected chi connectivity index (χ1v) is 5.10. The van der Waals surface area contributed by atoms with Gasteiger partial charge in [0.15, 0.2) is 0 Å². The quantitative estimate of drug-likeness (QED) is 0.461. The minimum absolute atomic E-state index is 0. The van der Waals surface area contributed by atoms with E-state index >= 15 is 0 Å². The Morgan fingerprint density at radius 3 is 1.31 bits per heavy atom. The first kappa shape index (κ1) is 19.8. The third-order valence-corrected chi connectivity index (χ3v) is 2.55. The Bertz CT molecular complexity index is 243. The Kier molecular flexibility index (Phi) is 13.2. The van der Waals surface area contributed by atoms with Crippen LogP contribution in [0.4, 0.5) is 0 Å². The zero-order valence-electron chi connectivity index (χ0n) is 5.98. The Hall–Kier alpha value is 1.34. The molecule has 0 bridgehead atoms. The van der Waals surface area contributed by atoms with Gasteiger partial charge < -0.3 is 0 Å². The van der Waals surface area contributed by atoms with Crippen LogP contribution in [0, 0.1) is 0 Å². The van der Waals surface area contributed by atoms with E-state index in [0.29, 0.717) is 0 Å². The molecule has 0 aliphatic heterocycles. The fourth-order valence-corrected chi connectivity index (χ4v) is 1.59. The molecule has 0 spiro atoms. The molecule has 0 fully saturated rings. The molecule has 0 aliphatic rings. The summed E-state index contributed by atoms with van der Waals surface area (Å²) < 4.78 is 61.5. The van der Waals surface area contributed by atoms with Crippen molar-refractivity contribution in [1.29, 1.82) is 0 Å². The van der Waals surface area contributed by atoms with Crippen LogP contribution in [0.25, 0.3) is 0 Å². The van der Waals surface area contributed by atoms with E-state index < -0.39 is 33.1 Å². The Balaban J connectivity index is -0.000000500. The summed E-state index contributed by atoms with van der Waals surface area (Å²) in [5, 5.41) is 0. The summed E-state index contributed by atoms with van der Waals surface area (Å²) in [6.07, 6.45) is 0. The number of rotatable bonds is 4. The molecule has 13 heteroatoms. The van der Waals surface area contributed by atoms with Crippen LogP contribution in [0.1, 0.15) is 0 Å². The van der Waals surface area contributed by atoms with Gasteiger partial charge in [0.2, 0.25) is 0 Å². The van der Waals surface area contributed by atoms with Gasteiger partial charge in [-0.1, -0.05) is 0 Å². The van der Waals surface area contributed by atoms with Gasteiger partial charge in [0, 0.05) is 39.0 Å². The van der Waals surface area contributed by atoms with Crippen molar-refractivity contribution in [2.24, 2.45) is 0 Å². The van der Waals surface area contributed by atoms with Crippen LogP contribution in [-0.2, 0) is 79.3 Å². The van der Waals surface area contributed by atoms with E-state index in [1.54, 1.807) is 0 Å². The van der Waals surface area contributed by atoms with E-state index in [0.717, 1.165) is 0 Å². The smallest absolute Gasteiger partial charge is 0.283 e. The molecule has 72 valence electrons. The van der Waals surface area contributed by atoms with E-state index in [1.165, 1.54) is 0 Å². The van der Waals surface area contributed by atoms with Crippen LogP contribution in [0.3, 0.4) is 0 Å². The molecular weight excluding hydrogens is 355 g/mol. The van der Waals surface area contributed by atoms with Crippen LogP contribution in [0.2, 0.25) is 0 Å². The third-order valence-electron chi connectivity index (χ3n) is 0.283. The molecule has 0 amide bonds. The standard InChI is InChI=1S/H2O8S3.2Zn/c1-9(2)7-11(5,6)8-10(3)4;;/h(H,1,2)(H,3,4);;. The third kappa shape index (κ3) is 13.3. The minimum Gasteiger partial charge on any atom is -0.283 e. The summed E-state index contributed by atoms with van der Waals surface area (Å²) in [6.45, 7) is 0. The summed E-state index contributed by atoms with van der Waals surface area (Å²) in [4.78, 5) is 0. The van der Waals surface area contributed by atoms with Crippen molar-refractivity contribution in [1.82, 2.24) is 0 Å². The summed E-state index contributed by atoms with van der Waals surface area (Å²) in [5.41, 5.74) is 0. The topological polar surface area (TPSA) is 127 Å². The molecule has 0 aromatic heterocycles. The van der Waals surface area contributed by atoms with Crippen LogP contribution in [-0.4, -0.2) is 25.9 Å². The average molecular weight is 357 g/mol. The van der Waals surface area contributed by atoms with Crippen molar-refractivity contribution in [3.8, 4) is 0 Å². The van der Waals surface area contributed by atoms with Crippen molar-refractivity contribution in [2.45, 2.75) is 0 Å². The van der Waals surface area contributed by atoms with Gasteiger partial charge in [0.25, 0.3) is 0 Å². The van der Waals surface area contributed by atoms with Crippen molar-refractivity contribution in [3.63, 3.8) is 0 Å². The Labute approximate surface area is 105 Å². The van der Waals surface area contributed by atoms with Crippen LogP contribution >= 0.6 is 0 Å². The van der Waals surface area contributed by atoms with E-state index in [4.69, 9.17) is 9.11 Å². The minimum atomic E-state index is -4.88. The van der Waals surface area contributed by atoms with Gasteiger partial charge in [-0.15, -0.1) is 7.26 Å². The second-order valence-corrected chi connectivity index (χ2v) is 3.75. The SMILES string of the molecule is O=S(O)OS(=O)(=O)OS(=O)O.[Zn].[Zn]. The molecule has 0 aliphatic carbocycles. The summed E-state index contributed by atoms with van der Waals surface area (Å²) >= 11 is -6.22. The zero-order valence-corrected chi connectivity index (χ0v) is 14.4. The van der Waals surface area contributed by atoms with Crippen molar-refractivity contribution >= 4 is 33.1 Å². The molecule has 2 unspecified atom stereocenters. The van der Waals surface area contributed by atoms with Crippen molar-refractivity contribution in [3.05, 3.63) is 0 Å². The fourth-order valence-electron chi connectivity index (χ4n) is 0.154. The first-order chi connectivity index (χ1) is 4.83. The van der Waals surface area contributed by atoms with Crippen molar-refractivity contribution in [2.75, 3.05) is 0 Å². The average Bonchev–Trinajstić information content (AvgIpc) is 1.53. The van der Waals surface area contributed by atoms with E-state index in [9.17, 15) is 16.8 Å². The maximum atomic E-state index is 10.1. The fraction of sp³-hybridized carbons (Fsp3) is 0. The Morgan fingerprint density at radius 2 is 1.15 bits per heavy atom. The molecule has 0 radical (unpaired) electrons. The van der Waals surface area contributed by atoms with Gasteiger partial charge >= 0.3 is 33.1 Å². The number of hydrogen-bond acceptors (Lipinski definition) is 6. The second kappa shape index (κ2) is 8.63. The maximum absolute atomic E-state index is 10.1. The summed E-state index contributed by atoms with van der Waals surface area (Å²) in [6, 6.07) is 0. The number of hydrogen-bond donors (Lipinski definition) is 2. The maximum Gasteiger partial charge on any atom is 0.429 e. The van der Waals surface area contributed by atoms with E-state index in [2.05, 4.69) is 7.26 Å². The van der Waals surface area contributed by atoms with Gasteiger partial charge in [0.1, 0.15) is 0 Å². The largest absolute Gasteiger partial charge is 0.429 e. The van der Waals surface area contributed by atoms with Gasteiger partial charge in [0.05, 0.1) is 0 Å². The molecule has 0 aromatic carbocycles. The van der Waals surface area contributed by atoms with Crippen LogP contribution in [0.15, 0.2) is 0 Å². The predicted molar refractivity (Wildman–Crippen MR) is 32.6 cm³/mol. The summed E-state index contributed by atoms with van der Waals surface area (Å²) in [5.74, 6) is 0. The van der Waals surface area contributed by atoms with E-state index in [-0.39, 0.29) is 39.0 Å². The van der Waals surface area contributed by atoms with Gasteiger partial charge in [-0.2, -0.15) is 16.8 Å². The molecule has 8 nitrogen and oxygen atoms in total. The van der Waals surface area contributed by atoms with E-state index in [1.807, 2.05) is 0 Å². The molecule has 2 atom stereocenters. The molecule has 0 saturated heterocycles. The molecule has 2 N–H and O–H groups in total. The molecular formula is H2O8S3Zn2. The predicted octanol–water partition coefficient (Wildman–Crippen LogP) is -1.47. The van der Waals surface area contributed by atoms with Gasteiger partial charge in [-0.05, 0) is 0 Å². The van der Waals surface area contributed by atoms with Crippen LogP contribution < -0.4 is 0 Å². The molecule has 0 heterocycles. The Morgan fingerprint density at radius 1 is 0.923 bits per heavy atom. The normalized spacial score (nSPS) is 14.9. The first-order valence-electron chi connectivity index (χ1n) is 1.70. The molecule has 0 aromatic rings. The van der Waals surface area contributed by atoms with Crippen molar-refractivity contribution < 1.29 is 72.2 Å². The summed E-state index contributed by atoms with van der Waals surface area (Å²) in [7, 11) is -4.88. The monoisotopic (exact) mass is 354 g/mol. The van der Waals surface area contributed by atoms with Crippen LogP contribution in [0.5, 0.6) is 0 Å². The molecule has 13 heavy (non-hydrogen) atoms. The second-order valence-electron chi connectivity index (χ2n) is 0.979. The van der Waals surface area contributed by atoms with Gasteiger partial charge in [-0.3, -0.25) is 9.11 Å². The zero-order chi connectivity index (χ0) is 9.07. The van der Waals surface area contributed by atoms with Gasteiger partial charge in [-0.25, -0.2) is 0 Å².